The van der Waals surface area contributed by atoms with Crippen LogP contribution in [0.1, 0.15) is 35.3 Å². The third kappa shape index (κ3) is 4.14. The topological polar surface area (TPSA) is 68.9 Å². The second kappa shape index (κ2) is 8.90. The quantitative estimate of drug-likeness (QED) is 0.795. The van der Waals surface area contributed by atoms with Gasteiger partial charge in [-0.3, -0.25) is 14.6 Å². The van der Waals surface area contributed by atoms with Crippen LogP contribution in [0.2, 0.25) is 0 Å². The van der Waals surface area contributed by atoms with Crippen LogP contribution in [-0.2, 0) is 6.54 Å². The fourth-order valence-corrected chi connectivity index (χ4v) is 4.11. The van der Waals surface area contributed by atoms with Crippen molar-refractivity contribution in [3.05, 3.63) is 63.1 Å². The summed E-state index contributed by atoms with van der Waals surface area (Å²) in [5.74, 6) is 0.0653. The summed E-state index contributed by atoms with van der Waals surface area (Å²) in [4.78, 5) is 17.8. The maximum absolute atomic E-state index is 13.3. The molecule has 2 N–H and O–H groups in total. The molecule has 0 spiro atoms. The van der Waals surface area contributed by atoms with E-state index in [-0.39, 0.29) is 24.0 Å². The summed E-state index contributed by atoms with van der Waals surface area (Å²) < 4.78 is 1.72. The van der Waals surface area contributed by atoms with E-state index < -0.39 is 0 Å². The number of hydrogen-bond acceptors (Lipinski definition) is 5. The number of piperazine rings is 1. The minimum absolute atomic E-state index is 0.0653. The van der Waals surface area contributed by atoms with E-state index in [1.807, 2.05) is 32.9 Å². The number of hydrogen-bond donors (Lipinski definition) is 2. The summed E-state index contributed by atoms with van der Waals surface area (Å²) in [6.07, 6.45) is 0. The van der Waals surface area contributed by atoms with E-state index in [1.165, 1.54) is 0 Å². The minimum atomic E-state index is -0.289. The van der Waals surface area contributed by atoms with Crippen LogP contribution >= 0.6 is 0 Å². The number of aromatic nitrogens is 1. The smallest absolute Gasteiger partial charge is 0.259 e. The van der Waals surface area contributed by atoms with Crippen molar-refractivity contribution in [2.75, 3.05) is 39.3 Å². The van der Waals surface area contributed by atoms with Gasteiger partial charge in [0.2, 0.25) is 0 Å². The molecule has 0 saturated carbocycles. The fraction of sp³-hybridized carbons (Fsp3) is 0.500. The van der Waals surface area contributed by atoms with Crippen LogP contribution in [-0.4, -0.2) is 63.9 Å². The molecule has 2 aromatic rings. The van der Waals surface area contributed by atoms with Gasteiger partial charge < -0.3 is 14.8 Å². The molecule has 2 heterocycles. The van der Waals surface area contributed by atoms with Crippen LogP contribution in [0, 0.1) is 13.8 Å². The highest BCUT2D eigenvalue weighted by atomic mass is 16.3. The second-order valence-corrected chi connectivity index (χ2v) is 7.55. The summed E-state index contributed by atoms with van der Waals surface area (Å²) in [5, 5.41) is 20.0. The molecule has 1 aromatic heterocycles. The molecule has 6 heteroatoms. The Labute approximate surface area is 166 Å². The van der Waals surface area contributed by atoms with E-state index in [2.05, 4.69) is 21.9 Å². The highest BCUT2D eigenvalue weighted by Gasteiger charge is 2.31. The molecule has 6 nitrogen and oxygen atoms in total. The predicted octanol–water partition coefficient (Wildman–Crippen LogP) is 1.89. The lowest BCUT2D eigenvalue weighted by molar-refractivity contribution is 0.0932. The van der Waals surface area contributed by atoms with Crippen molar-refractivity contribution in [3.63, 3.8) is 0 Å². The Morgan fingerprint density at radius 2 is 1.71 bits per heavy atom. The number of aromatic hydroxyl groups is 1. The monoisotopic (exact) mass is 385 g/mol. The predicted molar refractivity (Wildman–Crippen MR) is 111 cm³/mol. The highest BCUT2D eigenvalue weighted by molar-refractivity contribution is 5.41. The zero-order chi connectivity index (χ0) is 20.3. The Morgan fingerprint density at radius 3 is 2.29 bits per heavy atom. The summed E-state index contributed by atoms with van der Waals surface area (Å²) in [5.41, 5.74) is 3.27. The lowest BCUT2D eigenvalue weighted by Gasteiger charge is -2.39. The molecular weight excluding hydrogens is 354 g/mol. The first-order valence-corrected chi connectivity index (χ1v) is 10.0. The number of aliphatic hydroxyl groups excluding tert-OH is 1. The molecule has 1 aliphatic rings. The van der Waals surface area contributed by atoms with Gasteiger partial charge in [-0.05, 0) is 32.4 Å². The highest BCUT2D eigenvalue weighted by Crippen LogP contribution is 2.33. The molecule has 1 aromatic carbocycles. The van der Waals surface area contributed by atoms with E-state index in [0.29, 0.717) is 18.7 Å². The second-order valence-electron chi connectivity index (χ2n) is 7.55. The van der Waals surface area contributed by atoms with Gasteiger partial charge in [0.15, 0.2) is 0 Å². The van der Waals surface area contributed by atoms with Crippen molar-refractivity contribution in [1.29, 1.82) is 0 Å². The minimum Gasteiger partial charge on any atom is -0.507 e. The van der Waals surface area contributed by atoms with Crippen molar-refractivity contribution >= 4 is 0 Å². The van der Waals surface area contributed by atoms with E-state index in [0.717, 1.165) is 43.0 Å². The molecule has 3 rings (SSSR count). The molecule has 1 unspecified atom stereocenters. The van der Waals surface area contributed by atoms with Crippen LogP contribution < -0.4 is 5.56 Å². The van der Waals surface area contributed by atoms with Crippen molar-refractivity contribution in [3.8, 4) is 5.75 Å². The summed E-state index contributed by atoms with van der Waals surface area (Å²) in [7, 11) is 0. The molecule has 28 heavy (non-hydrogen) atoms. The third-order valence-corrected chi connectivity index (χ3v) is 5.69. The van der Waals surface area contributed by atoms with Crippen LogP contribution in [0.4, 0.5) is 0 Å². The number of β-amino-alcohol motifs (C(OH)–C–C–N with tert-alkyl or cyclic N) is 1. The van der Waals surface area contributed by atoms with Crippen LogP contribution in [0.3, 0.4) is 0 Å². The van der Waals surface area contributed by atoms with Crippen molar-refractivity contribution in [2.45, 2.75) is 33.4 Å². The first kappa shape index (κ1) is 20.6. The molecule has 0 bridgehead atoms. The third-order valence-electron chi connectivity index (χ3n) is 5.69. The van der Waals surface area contributed by atoms with Gasteiger partial charge in [0.25, 0.3) is 5.56 Å². The summed E-state index contributed by atoms with van der Waals surface area (Å²) in [6.45, 7) is 10.4. The Bertz CT molecular complexity index is 853. The van der Waals surface area contributed by atoms with E-state index in [9.17, 15) is 15.0 Å². The molecule has 1 saturated heterocycles. The molecule has 0 aliphatic carbocycles. The Morgan fingerprint density at radius 1 is 1.07 bits per heavy atom. The van der Waals surface area contributed by atoms with Gasteiger partial charge in [0, 0.05) is 45.0 Å². The van der Waals surface area contributed by atoms with Gasteiger partial charge in [-0.1, -0.05) is 29.8 Å². The van der Waals surface area contributed by atoms with Crippen molar-refractivity contribution < 1.29 is 10.2 Å². The normalized spacial score (nSPS) is 17.0. The number of nitrogens with zero attached hydrogens (tertiary/aromatic N) is 3. The summed E-state index contributed by atoms with van der Waals surface area (Å²) >= 11 is 0. The van der Waals surface area contributed by atoms with E-state index in [4.69, 9.17) is 0 Å². The maximum atomic E-state index is 13.3. The van der Waals surface area contributed by atoms with Crippen LogP contribution in [0.25, 0.3) is 0 Å². The largest absolute Gasteiger partial charge is 0.507 e. The van der Waals surface area contributed by atoms with E-state index >= 15 is 0 Å². The zero-order valence-electron chi connectivity index (χ0n) is 17.1. The van der Waals surface area contributed by atoms with Crippen LogP contribution in [0.5, 0.6) is 5.75 Å². The average molecular weight is 386 g/mol. The number of pyridine rings is 1. The molecular formula is C22H31N3O3. The number of benzene rings is 1. The standard InChI is InChI=1S/C22H31N3O3/c1-4-25-17(3)15-19(27)20(22(25)28)21(18-7-5-16(2)6-8-18)24-11-9-23(10-12-24)13-14-26/h5-8,15,21,26-27H,4,9-14H2,1-3H3. The fourth-order valence-electron chi connectivity index (χ4n) is 4.11. The van der Waals surface area contributed by atoms with Crippen LogP contribution in [0.15, 0.2) is 35.1 Å². The lowest BCUT2D eigenvalue weighted by Crippen LogP contribution is -2.49. The molecule has 1 atom stereocenters. The van der Waals surface area contributed by atoms with Gasteiger partial charge in [0.1, 0.15) is 5.75 Å². The Kier molecular flexibility index (Phi) is 6.54. The number of aryl methyl sites for hydroxylation is 2. The molecule has 152 valence electrons. The van der Waals surface area contributed by atoms with Gasteiger partial charge in [0.05, 0.1) is 18.2 Å². The molecule has 1 fully saturated rings. The first-order chi connectivity index (χ1) is 13.5. The van der Waals surface area contributed by atoms with Gasteiger partial charge in [-0.25, -0.2) is 0 Å². The van der Waals surface area contributed by atoms with E-state index in [1.54, 1.807) is 10.6 Å². The Hall–Kier alpha value is -2.15. The number of aliphatic hydroxyl groups is 1. The van der Waals surface area contributed by atoms with Gasteiger partial charge in [-0.15, -0.1) is 0 Å². The molecule has 0 radical (unpaired) electrons. The first-order valence-electron chi connectivity index (χ1n) is 10.0. The number of rotatable bonds is 6. The maximum Gasteiger partial charge on any atom is 0.259 e. The Balaban J connectivity index is 2.06. The van der Waals surface area contributed by atoms with Crippen molar-refractivity contribution in [1.82, 2.24) is 14.4 Å². The zero-order valence-corrected chi connectivity index (χ0v) is 17.1. The van der Waals surface area contributed by atoms with Crippen molar-refractivity contribution in [2.24, 2.45) is 0 Å². The summed E-state index contributed by atoms with van der Waals surface area (Å²) in [6, 6.07) is 9.61. The van der Waals surface area contributed by atoms with Gasteiger partial charge in [-0.2, -0.15) is 0 Å². The molecule has 1 aliphatic heterocycles. The SMILES string of the molecule is CCn1c(C)cc(O)c(C(c2ccc(C)cc2)N2CCN(CCO)CC2)c1=O. The molecule has 0 amide bonds. The lowest BCUT2D eigenvalue weighted by atomic mass is 9.95. The average Bonchev–Trinajstić information content (AvgIpc) is 2.67. The van der Waals surface area contributed by atoms with Gasteiger partial charge >= 0.3 is 0 Å².